The Hall–Kier alpha value is -4.61. The lowest BCUT2D eigenvalue weighted by Crippen LogP contribution is -2.43. The van der Waals surface area contributed by atoms with Gasteiger partial charge in [0.25, 0.3) is 0 Å². The van der Waals surface area contributed by atoms with Crippen molar-refractivity contribution >= 4 is 35.7 Å². The number of carbonyl (C=O) groups excluding carboxylic acids is 4. The first-order valence-corrected chi connectivity index (χ1v) is 10.5. The van der Waals surface area contributed by atoms with E-state index in [2.05, 4.69) is 20.9 Å². The van der Waals surface area contributed by atoms with E-state index < -0.39 is 30.1 Å². The van der Waals surface area contributed by atoms with Gasteiger partial charge in [-0.2, -0.15) is 0 Å². The summed E-state index contributed by atoms with van der Waals surface area (Å²) in [5.74, 6) is -1.54. The fraction of sp³-hybridized carbons (Fsp3) is 0.261. The maximum Gasteiger partial charge on any atom is 0.414 e. The number of methoxy groups -OCH3 is 1. The standard InChI is InChI=1S/C23H27N5O7/c1-3-34-18(29)13-25-22(31)27-19(20(30)33-2)16-9-11-17(12-10-16)26-21(24)28-23(32)35-14-15-7-5-4-6-8-15/h4-12,19H,3,13-14H2,1-2H3,(H2,25,27,31)(H3,24,26,28,32). The van der Waals surface area contributed by atoms with Crippen molar-refractivity contribution in [2.45, 2.75) is 19.6 Å². The summed E-state index contributed by atoms with van der Waals surface area (Å²) in [5, 5.41) is 7.04. The average molecular weight is 485 g/mol. The minimum Gasteiger partial charge on any atom is -0.467 e. The van der Waals surface area contributed by atoms with E-state index in [9.17, 15) is 19.2 Å². The number of carbonyl (C=O) groups is 4. The molecule has 3 amide bonds. The second kappa shape index (κ2) is 13.8. The van der Waals surface area contributed by atoms with E-state index in [1.807, 2.05) is 30.3 Å². The molecule has 0 aliphatic carbocycles. The smallest absolute Gasteiger partial charge is 0.414 e. The van der Waals surface area contributed by atoms with Crippen LogP contribution in [0.25, 0.3) is 0 Å². The van der Waals surface area contributed by atoms with Crippen molar-refractivity contribution in [1.82, 2.24) is 16.0 Å². The molecule has 5 N–H and O–H groups in total. The molecule has 0 fully saturated rings. The van der Waals surface area contributed by atoms with Crippen LogP contribution in [0.3, 0.4) is 0 Å². The maximum atomic E-state index is 12.2. The zero-order valence-electron chi connectivity index (χ0n) is 19.3. The van der Waals surface area contributed by atoms with Crippen molar-refractivity contribution in [2.75, 3.05) is 20.3 Å². The predicted molar refractivity (Wildman–Crippen MR) is 125 cm³/mol. The third-order valence-corrected chi connectivity index (χ3v) is 4.33. The van der Waals surface area contributed by atoms with Crippen LogP contribution in [0.5, 0.6) is 0 Å². The molecule has 0 aliphatic rings. The lowest BCUT2D eigenvalue weighted by Gasteiger charge is -2.17. The molecule has 12 heteroatoms. The maximum absolute atomic E-state index is 12.2. The number of nitrogens with two attached hydrogens (primary N) is 1. The lowest BCUT2D eigenvalue weighted by atomic mass is 10.1. The van der Waals surface area contributed by atoms with E-state index in [0.29, 0.717) is 11.3 Å². The van der Waals surface area contributed by atoms with Crippen LogP contribution in [0.15, 0.2) is 59.6 Å². The van der Waals surface area contributed by atoms with Crippen LogP contribution < -0.4 is 21.7 Å². The van der Waals surface area contributed by atoms with E-state index in [0.717, 1.165) is 5.56 Å². The van der Waals surface area contributed by atoms with Gasteiger partial charge in [-0.1, -0.05) is 42.5 Å². The number of hydrogen-bond donors (Lipinski definition) is 4. The average Bonchev–Trinajstić information content (AvgIpc) is 2.85. The van der Waals surface area contributed by atoms with Crippen molar-refractivity contribution in [1.29, 1.82) is 0 Å². The molecule has 0 heterocycles. The second-order valence-corrected chi connectivity index (χ2v) is 6.86. The van der Waals surface area contributed by atoms with E-state index in [1.54, 1.807) is 6.92 Å². The molecule has 2 rings (SSSR count). The second-order valence-electron chi connectivity index (χ2n) is 6.86. The number of alkyl carbamates (subject to hydrolysis) is 1. The molecule has 35 heavy (non-hydrogen) atoms. The Balaban J connectivity index is 1.96. The monoisotopic (exact) mass is 485 g/mol. The Morgan fingerprint density at radius 3 is 2.31 bits per heavy atom. The van der Waals surface area contributed by atoms with Crippen LogP contribution in [0, 0.1) is 0 Å². The fourth-order valence-electron chi connectivity index (χ4n) is 2.71. The first-order chi connectivity index (χ1) is 16.8. The van der Waals surface area contributed by atoms with Crippen molar-refractivity contribution in [3.05, 3.63) is 65.7 Å². The van der Waals surface area contributed by atoms with Gasteiger partial charge < -0.3 is 30.6 Å². The molecule has 0 aliphatic heterocycles. The van der Waals surface area contributed by atoms with Crippen molar-refractivity contribution in [3.63, 3.8) is 0 Å². The van der Waals surface area contributed by atoms with E-state index in [1.165, 1.54) is 31.4 Å². The van der Waals surface area contributed by atoms with Crippen LogP contribution in [-0.4, -0.2) is 50.3 Å². The van der Waals surface area contributed by atoms with Crippen LogP contribution in [0.4, 0.5) is 15.3 Å². The van der Waals surface area contributed by atoms with Crippen LogP contribution in [0.1, 0.15) is 24.1 Å². The molecule has 0 aromatic heterocycles. The highest BCUT2D eigenvalue weighted by Gasteiger charge is 2.24. The topological polar surface area (TPSA) is 170 Å². The first-order valence-electron chi connectivity index (χ1n) is 10.5. The largest absolute Gasteiger partial charge is 0.467 e. The summed E-state index contributed by atoms with van der Waals surface area (Å²) in [6.45, 7) is 1.53. The van der Waals surface area contributed by atoms with Gasteiger partial charge in [0.1, 0.15) is 13.2 Å². The molecule has 12 nitrogen and oxygen atoms in total. The van der Waals surface area contributed by atoms with Crippen LogP contribution in [-0.2, 0) is 30.4 Å². The molecular weight excluding hydrogens is 458 g/mol. The van der Waals surface area contributed by atoms with E-state index >= 15 is 0 Å². The summed E-state index contributed by atoms with van der Waals surface area (Å²) in [4.78, 5) is 51.6. The summed E-state index contributed by atoms with van der Waals surface area (Å²) in [6, 6.07) is 13.3. The number of amides is 3. The first kappa shape index (κ1) is 26.6. The van der Waals surface area contributed by atoms with Crippen LogP contribution >= 0.6 is 0 Å². The number of ether oxygens (including phenoxy) is 3. The normalized spacial score (nSPS) is 11.5. The number of aliphatic imine (C=N–C) groups is 1. The fourth-order valence-corrected chi connectivity index (χ4v) is 2.71. The summed E-state index contributed by atoms with van der Waals surface area (Å²) >= 11 is 0. The van der Waals surface area contributed by atoms with Gasteiger partial charge >= 0.3 is 24.1 Å². The highest BCUT2D eigenvalue weighted by atomic mass is 16.5. The molecule has 0 radical (unpaired) electrons. The summed E-state index contributed by atoms with van der Waals surface area (Å²) < 4.78 is 14.5. The van der Waals surface area contributed by atoms with Gasteiger partial charge in [0.05, 0.1) is 19.4 Å². The van der Waals surface area contributed by atoms with Gasteiger partial charge in [-0.05, 0) is 30.2 Å². The molecule has 2 aromatic rings. The molecule has 0 spiro atoms. The number of guanidine groups is 1. The molecule has 0 bridgehead atoms. The van der Waals surface area contributed by atoms with Gasteiger partial charge in [0, 0.05) is 0 Å². The molecule has 0 saturated carbocycles. The van der Waals surface area contributed by atoms with Crippen molar-refractivity contribution in [2.24, 2.45) is 10.7 Å². The highest BCUT2D eigenvalue weighted by Crippen LogP contribution is 2.19. The molecule has 1 unspecified atom stereocenters. The Morgan fingerprint density at radius 1 is 1.00 bits per heavy atom. The third kappa shape index (κ3) is 9.42. The zero-order chi connectivity index (χ0) is 25.6. The predicted octanol–water partition coefficient (Wildman–Crippen LogP) is 1.64. The minimum atomic E-state index is -1.15. The molecule has 2 aromatic carbocycles. The SMILES string of the molecule is CCOC(=O)CNC(=O)NC(C(=O)OC)c1ccc(N=C(N)NC(=O)OCc2ccccc2)cc1. The Morgan fingerprint density at radius 2 is 1.69 bits per heavy atom. The van der Waals surface area contributed by atoms with Crippen molar-refractivity contribution < 1.29 is 33.4 Å². The van der Waals surface area contributed by atoms with Crippen molar-refractivity contribution in [3.8, 4) is 0 Å². The molecule has 186 valence electrons. The number of benzene rings is 2. The molecule has 1 atom stereocenters. The van der Waals surface area contributed by atoms with Gasteiger partial charge in [0.15, 0.2) is 6.04 Å². The number of urea groups is 1. The zero-order valence-corrected chi connectivity index (χ0v) is 19.3. The highest BCUT2D eigenvalue weighted by molar-refractivity contribution is 5.94. The van der Waals surface area contributed by atoms with Gasteiger partial charge in [-0.25, -0.2) is 19.4 Å². The Kier molecular flexibility index (Phi) is 10.5. The minimum absolute atomic E-state index is 0.0733. The molecule has 0 saturated heterocycles. The van der Waals surface area contributed by atoms with Gasteiger partial charge in [-0.15, -0.1) is 0 Å². The number of hydrogen-bond acceptors (Lipinski definition) is 8. The van der Waals surface area contributed by atoms with Gasteiger partial charge in [-0.3, -0.25) is 10.1 Å². The Bertz CT molecular complexity index is 1040. The summed E-state index contributed by atoms with van der Waals surface area (Å²) in [5.41, 5.74) is 7.32. The number of nitrogens with zero attached hydrogens (tertiary/aromatic N) is 1. The number of rotatable bonds is 9. The van der Waals surface area contributed by atoms with Gasteiger partial charge in [0.2, 0.25) is 5.96 Å². The van der Waals surface area contributed by atoms with E-state index in [4.69, 9.17) is 19.9 Å². The third-order valence-electron chi connectivity index (χ3n) is 4.33. The number of nitrogens with one attached hydrogen (secondary N) is 3. The Labute approximate surface area is 201 Å². The summed E-state index contributed by atoms with van der Waals surface area (Å²) in [7, 11) is 1.18. The molecular formula is C23H27N5O7. The lowest BCUT2D eigenvalue weighted by molar-refractivity contribution is -0.143. The quantitative estimate of drug-likeness (QED) is 0.180. The number of esters is 2. The van der Waals surface area contributed by atoms with Crippen LogP contribution in [0.2, 0.25) is 0 Å². The summed E-state index contributed by atoms with van der Waals surface area (Å²) in [6.07, 6.45) is -0.768. The van der Waals surface area contributed by atoms with E-state index in [-0.39, 0.29) is 25.7 Å².